The summed E-state index contributed by atoms with van der Waals surface area (Å²) in [5, 5.41) is 6.06. The monoisotopic (exact) mass is 472 g/mol. The number of rotatable bonds is 9. The Bertz CT molecular complexity index is 1120. The van der Waals surface area contributed by atoms with Crippen LogP contribution in [-0.4, -0.2) is 55.5 Å². The number of nitrogens with zero attached hydrogens (tertiary/aromatic N) is 2. The van der Waals surface area contributed by atoms with Crippen LogP contribution in [0.25, 0.3) is 0 Å². The van der Waals surface area contributed by atoms with Crippen LogP contribution in [0.5, 0.6) is 5.75 Å². The highest BCUT2D eigenvalue weighted by atomic mass is 16.5. The van der Waals surface area contributed by atoms with Gasteiger partial charge in [-0.2, -0.15) is 0 Å². The van der Waals surface area contributed by atoms with Gasteiger partial charge in [0, 0.05) is 44.5 Å². The highest BCUT2D eigenvalue weighted by Gasteiger charge is 2.36. The van der Waals surface area contributed by atoms with E-state index in [1.807, 2.05) is 36.4 Å². The molecule has 0 saturated carbocycles. The van der Waals surface area contributed by atoms with Crippen LogP contribution >= 0.6 is 0 Å². The van der Waals surface area contributed by atoms with Crippen LogP contribution in [0.15, 0.2) is 73.1 Å². The van der Waals surface area contributed by atoms with Crippen LogP contribution in [0.2, 0.25) is 0 Å². The second kappa shape index (κ2) is 11.6. The number of aromatic nitrogens is 1. The second-order valence-electron chi connectivity index (χ2n) is 8.99. The molecule has 0 radical (unpaired) electrons. The first-order valence-electron chi connectivity index (χ1n) is 11.9. The van der Waals surface area contributed by atoms with Gasteiger partial charge in [-0.05, 0) is 54.4 Å². The fourth-order valence-corrected chi connectivity index (χ4v) is 4.52. The van der Waals surface area contributed by atoms with E-state index in [4.69, 9.17) is 4.74 Å². The van der Waals surface area contributed by atoms with Crippen molar-refractivity contribution in [1.82, 2.24) is 20.5 Å². The third-order valence-corrected chi connectivity index (χ3v) is 6.50. The van der Waals surface area contributed by atoms with E-state index < -0.39 is 0 Å². The number of likely N-dealkylation sites (N-methyl/N-ethyl adjacent to an activating group) is 1. The van der Waals surface area contributed by atoms with Crippen LogP contribution in [-0.2, 0) is 17.8 Å². The Hall–Kier alpha value is -3.71. The third kappa shape index (κ3) is 6.45. The molecule has 3 aromatic rings. The summed E-state index contributed by atoms with van der Waals surface area (Å²) in [5.74, 6) is 0.829. The van der Waals surface area contributed by atoms with Crippen LogP contribution in [0.1, 0.15) is 33.0 Å². The summed E-state index contributed by atoms with van der Waals surface area (Å²) in [5.41, 5.74) is 3.86. The Morgan fingerprint density at radius 3 is 2.43 bits per heavy atom. The number of pyridine rings is 1. The van der Waals surface area contributed by atoms with E-state index in [2.05, 4.69) is 39.7 Å². The summed E-state index contributed by atoms with van der Waals surface area (Å²) >= 11 is 0. The molecule has 182 valence electrons. The molecule has 2 atom stereocenters. The minimum absolute atomic E-state index is 0.0907. The van der Waals surface area contributed by atoms with Gasteiger partial charge in [-0.15, -0.1) is 0 Å². The van der Waals surface area contributed by atoms with Gasteiger partial charge in [0.1, 0.15) is 5.75 Å². The minimum Gasteiger partial charge on any atom is -0.497 e. The molecule has 2 N–H and O–H groups in total. The first-order valence-corrected chi connectivity index (χ1v) is 11.9. The first-order chi connectivity index (χ1) is 17.0. The molecule has 2 heterocycles. The fourth-order valence-electron chi connectivity index (χ4n) is 4.52. The zero-order chi connectivity index (χ0) is 24.6. The molecule has 2 amide bonds. The Balaban J connectivity index is 1.31. The topological polar surface area (TPSA) is 83.6 Å². The largest absolute Gasteiger partial charge is 0.497 e. The quantitative estimate of drug-likeness (QED) is 0.500. The van der Waals surface area contributed by atoms with Crippen LogP contribution in [0, 0.1) is 5.92 Å². The fraction of sp³-hybridized carbons (Fsp3) is 0.321. The van der Waals surface area contributed by atoms with Gasteiger partial charge >= 0.3 is 0 Å². The summed E-state index contributed by atoms with van der Waals surface area (Å²) < 4.78 is 5.20. The number of amides is 2. The van der Waals surface area contributed by atoms with E-state index in [1.165, 1.54) is 0 Å². The number of carbonyl (C=O) groups is 2. The van der Waals surface area contributed by atoms with Gasteiger partial charge in [0.25, 0.3) is 5.91 Å². The molecule has 1 aliphatic rings. The van der Waals surface area contributed by atoms with Crippen molar-refractivity contribution in [3.05, 3.63) is 95.3 Å². The van der Waals surface area contributed by atoms with Crippen molar-refractivity contribution in [1.29, 1.82) is 0 Å². The van der Waals surface area contributed by atoms with E-state index in [1.54, 1.807) is 31.6 Å². The smallest absolute Gasteiger partial charge is 0.253 e. The molecular formula is C28H32N4O3. The number of hydrogen-bond donors (Lipinski definition) is 2. The number of nitrogens with one attached hydrogen (secondary N) is 2. The molecule has 7 nitrogen and oxygen atoms in total. The molecule has 2 aromatic carbocycles. The molecule has 0 unspecified atom stereocenters. The molecule has 4 rings (SSSR count). The lowest BCUT2D eigenvalue weighted by molar-refractivity contribution is -0.124. The molecule has 0 spiro atoms. The lowest BCUT2D eigenvalue weighted by Crippen LogP contribution is -2.35. The maximum Gasteiger partial charge on any atom is 0.253 e. The lowest BCUT2D eigenvalue weighted by Gasteiger charge is -2.19. The summed E-state index contributed by atoms with van der Waals surface area (Å²) in [6.45, 7) is 2.62. The highest BCUT2D eigenvalue weighted by Crippen LogP contribution is 2.32. The van der Waals surface area contributed by atoms with E-state index in [0.29, 0.717) is 18.7 Å². The zero-order valence-corrected chi connectivity index (χ0v) is 20.2. The van der Waals surface area contributed by atoms with Crippen molar-refractivity contribution in [3.8, 4) is 5.75 Å². The Morgan fingerprint density at radius 2 is 1.74 bits per heavy atom. The predicted octanol–water partition coefficient (Wildman–Crippen LogP) is 3.02. The number of benzene rings is 2. The third-order valence-electron chi connectivity index (χ3n) is 6.50. The maximum absolute atomic E-state index is 13.0. The van der Waals surface area contributed by atoms with Crippen molar-refractivity contribution >= 4 is 11.8 Å². The summed E-state index contributed by atoms with van der Waals surface area (Å²) in [4.78, 5) is 31.5. The maximum atomic E-state index is 13.0. The van der Waals surface area contributed by atoms with E-state index in [-0.39, 0.29) is 23.7 Å². The average molecular weight is 473 g/mol. The number of carbonyl (C=O) groups excluding carboxylic acids is 2. The van der Waals surface area contributed by atoms with Gasteiger partial charge in [0.15, 0.2) is 0 Å². The molecule has 0 bridgehead atoms. The molecule has 0 aliphatic carbocycles. The van der Waals surface area contributed by atoms with Gasteiger partial charge in [-0.3, -0.25) is 14.6 Å². The van der Waals surface area contributed by atoms with Gasteiger partial charge < -0.3 is 20.3 Å². The Kier molecular flexibility index (Phi) is 8.11. The van der Waals surface area contributed by atoms with E-state index >= 15 is 0 Å². The molecule has 7 heteroatoms. The molecule has 1 saturated heterocycles. The zero-order valence-electron chi connectivity index (χ0n) is 20.2. The Labute approximate surface area is 206 Å². The normalized spacial score (nSPS) is 17.7. The second-order valence-corrected chi connectivity index (χ2v) is 8.99. The summed E-state index contributed by atoms with van der Waals surface area (Å²) in [7, 11) is 3.71. The predicted molar refractivity (Wildman–Crippen MR) is 135 cm³/mol. The first kappa shape index (κ1) is 24.4. The molecule has 35 heavy (non-hydrogen) atoms. The number of hydrogen-bond acceptors (Lipinski definition) is 5. The van der Waals surface area contributed by atoms with Gasteiger partial charge in [0.2, 0.25) is 5.91 Å². The van der Waals surface area contributed by atoms with Crippen molar-refractivity contribution in [2.45, 2.75) is 18.9 Å². The van der Waals surface area contributed by atoms with Crippen LogP contribution in [0.3, 0.4) is 0 Å². The van der Waals surface area contributed by atoms with Gasteiger partial charge in [-0.1, -0.05) is 36.4 Å². The molecular weight excluding hydrogens is 440 g/mol. The Morgan fingerprint density at radius 1 is 1.00 bits per heavy atom. The molecule has 1 fully saturated rings. The van der Waals surface area contributed by atoms with Crippen molar-refractivity contribution < 1.29 is 14.3 Å². The summed E-state index contributed by atoms with van der Waals surface area (Å²) in [6.07, 6.45) is 3.98. The van der Waals surface area contributed by atoms with Crippen LogP contribution < -0.4 is 15.4 Å². The van der Waals surface area contributed by atoms with Gasteiger partial charge in [0.05, 0.1) is 18.6 Å². The number of methoxy groups -OCH3 is 1. The standard InChI is InChI=1S/C28H32N4O3/c1-32-18-25(26(19-32)28(34)30-15-13-20-7-11-24(35-2)12-8-20)22-9-5-21(6-10-22)16-31-27(33)23-4-3-14-29-17-23/h3-12,14,17,25-26H,13,15-16,18-19H2,1-2H3,(H,30,34)(H,31,33)/t25-,26-/m1/s1. The van der Waals surface area contributed by atoms with Crippen LogP contribution in [0.4, 0.5) is 0 Å². The van der Waals surface area contributed by atoms with Crippen molar-refractivity contribution in [2.75, 3.05) is 33.8 Å². The average Bonchev–Trinajstić information content (AvgIpc) is 3.30. The highest BCUT2D eigenvalue weighted by molar-refractivity contribution is 5.93. The van der Waals surface area contributed by atoms with Crippen molar-refractivity contribution in [2.24, 2.45) is 5.92 Å². The summed E-state index contributed by atoms with van der Waals surface area (Å²) in [6, 6.07) is 19.6. The van der Waals surface area contributed by atoms with Gasteiger partial charge in [-0.25, -0.2) is 0 Å². The minimum atomic E-state index is -0.147. The lowest BCUT2D eigenvalue weighted by atomic mass is 9.88. The van der Waals surface area contributed by atoms with Crippen molar-refractivity contribution in [3.63, 3.8) is 0 Å². The van der Waals surface area contributed by atoms with E-state index in [0.717, 1.165) is 42.0 Å². The number of ether oxygens (including phenoxy) is 1. The molecule has 1 aliphatic heterocycles. The SMILES string of the molecule is COc1ccc(CCNC(=O)[C@@H]2CN(C)C[C@@H]2c2ccc(CNC(=O)c3cccnc3)cc2)cc1. The number of likely N-dealkylation sites (tertiary alicyclic amines) is 1. The molecule has 1 aromatic heterocycles. The van der Waals surface area contributed by atoms with E-state index in [9.17, 15) is 9.59 Å².